The predicted molar refractivity (Wildman–Crippen MR) is 154 cm³/mol. The Morgan fingerprint density at radius 2 is 1.17 bits per heavy atom. The zero-order valence-corrected chi connectivity index (χ0v) is 23.8. The molecule has 4 heteroatoms. The molecule has 0 radical (unpaired) electrons. The molecular weight excluding hydrogens is 444 g/mol. The number of aromatic hydroxyl groups is 2. The SMILES string of the molecule is CC(C)(C)c1cc(C=N[C@@H]2CCCC[C@H]2N=Cc2cccc(C(C)(C)C)c2O)c(O)c(C(C)(C)C)c1. The van der Waals surface area contributed by atoms with Gasteiger partial charge in [-0.25, -0.2) is 0 Å². The minimum atomic E-state index is -0.171. The molecule has 0 unspecified atom stereocenters. The van der Waals surface area contributed by atoms with Gasteiger partial charge in [0.05, 0.1) is 12.1 Å². The Morgan fingerprint density at radius 1 is 0.667 bits per heavy atom. The third kappa shape index (κ3) is 6.57. The summed E-state index contributed by atoms with van der Waals surface area (Å²) in [5, 5.41) is 22.0. The number of aliphatic imine (C=N–C) groups is 2. The Labute approximate surface area is 218 Å². The van der Waals surface area contributed by atoms with Crippen LogP contribution in [0.15, 0.2) is 40.3 Å². The summed E-state index contributed by atoms with van der Waals surface area (Å²) in [7, 11) is 0. The van der Waals surface area contributed by atoms with Gasteiger partial charge in [0.15, 0.2) is 0 Å². The first-order chi connectivity index (χ1) is 16.6. The first-order valence-corrected chi connectivity index (χ1v) is 13.4. The lowest BCUT2D eigenvalue weighted by Gasteiger charge is -2.28. The fourth-order valence-electron chi connectivity index (χ4n) is 4.82. The first kappa shape index (κ1) is 28.0. The summed E-state index contributed by atoms with van der Waals surface area (Å²) >= 11 is 0. The molecule has 0 amide bonds. The molecule has 0 saturated heterocycles. The van der Waals surface area contributed by atoms with Crippen molar-refractivity contribution < 1.29 is 10.2 Å². The summed E-state index contributed by atoms with van der Waals surface area (Å²) in [5.74, 6) is 0.627. The van der Waals surface area contributed by atoms with Crippen LogP contribution in [0, 0.1) is 0 Å². The highest BCUT2D eigenvalue weighted by molar-refractivity contribution is 5.86. The smallest absolute Gasteiger partial charge is 0.128 e. The number of benzene rings is 2. The van der Waals surface area contributed by atoms with Crippen LogP contribution in [-0.4, -0.2) is 34.7 Å². The minimum Gasteiger partial charge on any atom is -0.507 e. The number of nitrogens with zero attached hydrogens (tertiary/aromatic N) is 2. The van der Waals surface area contributed by atoms with Crippen LogP contribution in [-0.2, 0) is 16.2 Å². The van der Waals surface area contributed by atoms with Crippen LogP contribution in [0.5, 0.6) is 11.5 Å². The maximum Gasteiger partial charge on any atom is 0.128 e. The molecule has 0 heterocycles. The van der Waals surface area contributed by atoms with Crippen LogP contribution in [0.3, 0.4) is 0 Å². The molecular formula is C32H46N2O2. The number of hydrogen-bond donors (Lipinski definition) is 2. The lowest BCUT2D eigenvalue weighted by Crippen LogP contribution is -2.27. The lowest BCUT2D eigenvalue weighted by atomic mass is 9.79. The van der Waals surface area contributed by atoms with E-state index in [0.717, 1.165) is 47.9 Å². The summed E-state index contributed by atoms with van der Waals surface area (Å²) in [6.07, 6.45) is 7.87. The Hall–Kier alpha value is -2.62. The Balaban J connectivity index is 1.92. The molecule has 0 aliphatic heterocycles. The second kappa shape index (κ2) is 10.4. The quantitative estimate of drug-likeness (QED) is 0.429. The molecule has 0 spiro atoms. The van der Waals surface area contributed by atoms with Gasteiger partial charge in [0.2, 0.25) is 0 Å². The van der Waals surface area contributed by atoms with Crippen molar-refractivity contribution >= 4 is 12.4 Å². The number of rotatable bonds is 4. The van der Waals surface area contributed by atoms with E-state index in [2.05, 4.69) is 74.4 Å². The molecule has 0 aromatic heterocycles. The Bertz CT molecular complexity index is 1120. The highest BCUT2D eigenvalue weighted by atomic mass is 16.3. The standard InChI is InChI=1S/C32H46N2O2/c1-30(2,3)23-17-22(29(36)25(18-23)32(7,8)9)20-34-27-16-11-10-15-26(27)33-19-21-13-12-14-24(28(21)35)31(4,5)6/h12-14,17-20,26-27,35-36H,10-11,15-16H2,1-9H3/t26-,27-/m1/s1. The molecule has 3 rings (SSSR count). The van der Waals surface area contributed by atoms with Crippen LogP contribution < -0.4 is 0 Å². The van der Waals surface area contributed by atoms with E-state index in [1.807, 2.05) is 30.6 Å². The fraction of sp³-hybridized carbons (Fsp3) is 0.562. The summed E-state index contributed by atoms with van der Waals surface area (Å²) in [6, 6.07) is 10.2. The van der Waals surface area contributed by atoms with Gasteiger partial charge in [0.25, 0.3) is 0 Å². The van der Waals surface area contributed by atoms with Crippen molar-refractivity contribution in [2.24, 2.45) is 9.98 Å². The van der Waals surface area contributed by atoms with Gasteiger partial charge >= 0.3 is 0 Å². The third-order valence-corrected chi connectivity index (χ3v) is 7.19. The number of phenolic OH excluding ortho intramolecular Hbond substituents is 2. The fourth-order valence-corrected chi connectivity index (χ4v) is 4.82. The summed E-state index contributed by atoms with van der Waals surface area (Å²) in [4.78, 5) is 9.88. The summed E-state index contributed by atoms with van der Waals surface area (Å²) in [5.41, 5.74) is 4.25. The Morgan fingerprint density at radius 3 is 1.67 bits per heavy atom. The third-order valence-electron chi connectivity index (χ3n) is 7.19. The molecule has 2 N–H and O–H groups in total. The van der Waals surface area contributed by atoms with Crippen LogP contribution in [0.25, 0.3) is 0 Å². The van der Waals surface area contributed by atoms with Gasteiger partial charge in [-0.15, -0.1) is 0 Å². The molecule has 0 bridgehead atoms. The van der Waals surface area contributed by atoms with Gasteiger partial charge in [0, 0.05) is 29.1 Å². The van der Waals surface area contributed by atoms with Crippen molar-refractivity contribution in [3.8, 4) is 11.5 Å². The van der Waals surface area contributed by atoms with E-state index >= 15 is 0 Å². The molecule has 2 aromatic rings. The van der Waals surface area contributed by atoms with Crippen molar-refractivity contribution in [3.05, 3.63) is 58.1 Å². The van der Waals surface area contributed by atoms with E-state index < -0.39 is 0 Å². The number of hydrogen-bond acceptors (Lipinski definition) is 4. The van der Waals surface area contributed by atoms with Gasteiger partial charge in [0.1, 0.15) is 11.5 Å². The number of phenols is 2. The molecule has 1 saturated carbocycles. The van der Waals surface area contributed by atoms with Crippen molar-refractivity contribution in [1.29, 1.82) is 0 Å². The maximum atomic E-state index is 11.1. The van der Waals surface area contributed by atoms with Crippen LogP contribution in [0.1, 0.15) is 116 Å². The van der Waals surface area contributed by atoms with Crippen molar-refractivity contribution in [2.45, 2.75) is 116 Å². The monoisotopic (exact) mass is 490 g/mol. The van der Waals surface area contributed by atoms with E-state index in [4.69, 9.17) is 9.98 Å². The van der Waals surface area contributed by atoms with Crippen molar-refractivity contribution in [3.63, 3.8) is 0 Å². The summed E-state index contributed by atoms with van der Waals surface area (Å²) in [6.45, 7) is 19.3. The zero-order chi connectivity index (χ0) is 26.9. The van der Waals surface area contributed by atoms with Crippen LogP contribution in [0.4, 0.5) is 0 Å². The van der Waals surface area contributed by atoms with Gasteiger partial charge in [-0.3, -0.25) is 9.98 Å². The van der Waals surface area contributed by atoms with E-state index in [0.29, 0.717) is 11.5 Å². The molecule has 36 heavy (non-hydrogen) atoms. The second-order valence-corrected chi connectivity index (χ2v) is 13.4. The average Bonchev–Trinajstić information content (AvgIpc) is 2.76. The highest BCUT2D eigenvalue weighted by Gasteiger charge is 2.26. The van der Waals surface area contributed by atoms with Gasteiger partial charge in [-0.2, -0.15) is 0 Å². The van der Waals surface area contributed by atoms with Crippen LogP contribution in [0.2, 0.25) is 0 Å². The second-order valence-electron chi connectivity index (χ2n) is 13.4. The zero-order valence-electron chi connectivity index (χ0n) is 23.8. The van der Waals surface area contributed by atoms with E-state index in [1.165, 1.54) is 5.56 Å². The topological polar surface area (TPSA) is 65.2 Å². The van der Waals surface area contributed by atoms with Crippen LogP contribution >= 0.6 is 0 Å². The molecule has 4 nitrogen and oxygen atoms in total. The molecule has 1 aliphatic rings. The molecule has 1 fully saturated rings. The van der Waals surface area contributed by atoms with Gasteiger partial charge < -0.3 is 10.2 Å². The first-order valence-electron chi connectivity index (χ1n) is 13.4. The average molecular weight is 491 g/mol. The van der Waals surface area contributed by atoms with Gasteiger partial charge in [-0.1, -0.05) is 93.4 Å². The predicted octanol–water partition coefficient (Wildman–Crippen LogP) is 7.84. The van der Waals surface area contributed by atoms with Crippen molar-refractivity contribution in [2.75, 3.05) is 0 Å². The number of para-hydroxylation sites is 1. The Kier molecular flexibility index (Phi) is 8.07. The highest BCUT2D eigenvalue weighted by Crippen LogP contribution is 2.37. The molecule has 196 valence electrons. The normalized spacial score (nSPS) is 19.9. The minimum absolute atomic E-state index is 0.0302. The van der Waals surface area contributed by atoms with E-state index in [1.54, 1.807) is 0 Å². The molecule has 2 aromatic carbocycles. The van der Waals surface area contributed by atoms with Gasteiger partial charge in [-0.05, 0) is 52.3 Å². The van der Waals surface area contributed by atoms with E-state index in [9.17, 15) is 10.2 Å². The van der Waals surface area contributed by atoms with E-state index in [-0.39, 0.29) is 28.3 Å². The maximum absolute atomic E-state index is 11.1. The molecule has 2 atom stereocenters. The molecule has 1 aliphatic carbocycles. The lowest BCUT2D eigenvalue weighted by molar-refractivity contribution is 0.390. The largest absolute Gasteiger partial charge is 0.507 e. The van der Waals surface area contributed by atoms with Crippen molar-refractivity contribution in [1.82, 2.24) is 0 Å². The summed E-state index contributed by atoms with van der Waals surface area (Å²) < 4.78 is 0.